The standard InChI is InChI=1S/C17H18FN3O6/c1-19-7-27-16-13-8(15(23)9(17(24)25)4-21(13)19)3-10(18)14(16)20-5-11(22)12(6-20)26-2/h3-4,11-12,22H,5-7H2,1-2H3,(H,24,25). The van der Waals surface area contributed by atoms with Crippen molar-refractivity contribution in [3.63, 3.8) is 0 Å². The lowest BCUT2D eigenvalue weighted by atomic mass is 10.1. The van der Waals surface area contributed by atoms with E-state index < -0.39 is 35.0 Å². The number of carboxylic acids is 1. The van der Waals surface area contributed by atoms with Crippen LogP contribution < -0.4 is 20.1 Å². The van der Waals surface area contributed by atoms with Gasteiger partial charge in [0.1, 0.15) is 22.9 Å². The van der Waals surface area contributed by atoms with Crippen molar-refractivity contribution in [1.82, 2.24) is 4.68 Å². The molecule has 0 bridgehead atoms. The Bertz CT molecular complexity index is 1010. The highest BCUT2D eigenvalue weighted by molar-refractivity contribution is 5.97. The minimum atomic E-state index is -1.39. The summed E-state index contributed by atoms with van der Waals surface area (Å²) in [6.45, 7) is 0.429. The highest BCUT2D eigenvalue weighted by Gasteiger charge is 2.36. The van der Waals surface area contributed by atoms with Gasteiger partial charge in [-0.1, -0.05) is 0 Å². The number of rotatable bonds is 3. The summed E-state index contributed by atoms with van der Waals surface area (Å²) in [6, 6.07) is 1.02. The van der Waals surface area contributed by atoms with Crippen molar-refractivity contribution in [1.29, 1.82) is 0 Å². The fourth-order valence-electron chi connectivity index (χ4n) is 3.64. The zero-order chi connectivity index (χ0) is 19.5. The van der Waals surface area contributed by atoms with Gasteiger partial charge in [-0.2, -0.15) is 0 Å². The molecule has 1 aromatic carbocycles. The maximum Gasteiger partial charge on any atom is 0.341 e. The average Bonchev–Trinajstić information content (AvgIpc) is 2.99. The zero-order valence-corrected chi connectivity index (χ0v) is 14.7. The van der Waals surface area contributed by atoms with Crippen LogP contribution in [0.5, 0.6) is 5.75 Å². The molecule has 0 aliphatic carbocycles. The lowest BCUT2D eigenvalue weighted by Crippen LogP contribution is -2.40. The molecule has 2 aliphatic rings. The summed E-state index contributed by atoms with van der Waals surface area (Å²) in [6.07, 6.45) is -0.0624. The Hall–Kier alpha value is -2.85. The molecule has 2 aromatic rings. The minimum absolute atomic E-state index is 0.0323. The number of nitrogens with zero attached hydrogens (tertiary/aromatic N) is 3. The SMILES string of the molecule is COC1CN(c2c(F)cc3c(=O)c(C(=O)O)cn4c3c2OCN4C)CC1O. The first-order valence-corrected chi connectivity index (χ1v) is 8.28. The Morgan fingerprint density at radius 3 is 2.78 bits per heavy atom. The number of aliphatic hydroxyl groups excluding tert-OH is 1. The number of β-amino-alcohol motifs (C(OH)–C–C–N with tert-alkyl or cyclic N) is 1. The molecule has 10 heteroatoms. The second-order valence-electron chi connectivity index (χ2n) is 6.63. The maximum atomic E-state index is 15.0. The van der Waals surface area contributed by atoms with Gasteiger partial charge in [-0.15, -0.1) is 0 Å². The Balaban J connectivity index is 2.00. The first-order valence-electron chi connectivity index (χ1n) is 8.28. The molecular formula is C17H18FN3O6. The molecular weight excluding hydrogens is 361 g/mol. The number of halogens is 1. The number of benzene rings is 1. The molecule has 2 unspecified atom stereocenters. The van der Waals surface area contributed by atoms with Crippen LogP contribution in [0.3, 0.4) is 0 Å². The van der Waals surface area contributed by atoms with E-state index in [4.69, 9.17) is 9.47 Å². The molecule has 1 saturated heterocycles. The molecule has 1 aromatic heterocycles. The third-order valence-electron chi connectivity index (χ3n) is 5.00. The molecule has 0 amide bonds. The zero-order valence-electron chi connectivity index (χ0n) is 14.7. The van der Waals surface area contributed by atoms with Crippen molar-refractivity contribution in [3.05, 3.63) is 33.9 Å². The van der Waals surface area contributed by atoms with E-state index in [-0.39, 0.29) is 42.2 Å². The number of pyridine rings is 1. The molecule has 2 atom stereocenters. The predicted molar refractivity (Wildman–Crippen MR) is 93.8 cm³/mol. The largest absolute Gasteiger partial charge is 0.477 e. The van der Waals surface area contributed by atoms with E-state index in [9.17, 15) is 24.2 Å². The predicted octanol–water partition coefficient (Wildman–Crippen LogP) is -0.0476. The molecule has 3 heterocycles. The van der Waals surface area contributed by atoms with E-state index in [0.717, 1.165) is 6.07 Å². The van der Waals surface area contributed by atoms with E-state index >= 15 is 0 Å². The number of carbonyl (C=O) groups is 1. The van der Waals surface area contributed by atoms with Gasteiger partial charge in [0.2, 0.25) is 5.43 Å². The number of hydrogen-bond acceptors (Lipinski definition) is 7. The smallest absolute Gasteiger partial charge is 0.341 e. The lowest BCUT2D eigenvalue weighted by molar-refractivity contribution is 0.0217. The van der Waals surface area contributed by atoms with Gasteiger partial charge in [0.15, 0.2) is 18.3 Å². The number of aliphatic hydroxyl groups is 1. The molecule has 2 aliphatic heterocycles. The van der Waals surface area contributed by atoms with E-state index in [1.165, 1.54) is 18.0 Å². The quantitative estimate of drug-likeness (QED) is 0.765. The summed E-state index contributed by atoms with van der Waals surface area (Å²) in [7, 11) is 3.12. The van der Waals surface area contributed by atoms with Crippen LogP contribution in [-0.4, -0.2) is 67.0 Å². The van der Waals surface area contributed by atoms with Crippen LogP contribution >= 0.6 is 0 Å². The van der Waals surface area contributed by atoms with Gasteiger partial charge in [0.25, 0.3) is 0 Å². The molecule has 1 fully saturated rings. The van der Waals surface area contributed by atoms with Crippen LogP contribution in [0.25, 0.3) is 10.9 Å². The first-order chi connectivity index (χ1) is 12.8. The second kappa shape index (κ2) is 6.10. The van der Waals surface area contributed by atoms with E-state index in [2.05, 4.69) is 0 Å². The number of aromatic carboxylic acids is 1. The summed E-state index contributed by atoms with van der Waals surface area (Å²) in [5.74, 6) is -1.97. The van der Waals surface area contributed by atoms with Crippen LogP contribution in [0.15, 0.2) is 17.1 Å². The van der Waals surface area contributed by atoms with Crippen molar-refractivity contribution in [2.24, 2.45) is 0 Å². The Kier molecular flexibility index (Phi) is 3.97. The Morgan fingerprint density at radius 2 is 2.15 bits per heavy atom. The summed E-state index contributed by atoms with van der Waals surface area (Å²) in [5, 5.41) is 20.9. The highest BCUT2D eigenvalue weighted by Crippen LogP contribution is 2.41. The molecule has 2 N–H and O–H groups in total. The lowest BCUT2D eigenvalue weighted by Gasteiger charge is -2.33. The number of anilines is 1. The Morgan fingerprint density at radius 1 is 1.41 bits per heavy atom. The average molecular weight is 379 g/mol. The molecule has 144 valence electrons. The van der Waals surface area contributed by atoms with Crippen molar-refractivity contribution in [3.8, 4) is 5.75 Å². The van der Waals surface area contributed by atoms with Crippen molar-refractivity contribution < 1.29 is 28.9 Å². The topological polar surface area (TPSA) is 104 Å². The monoisotopic (exact) mass is 379 g/mol. The number of carboxylic acid groups (broad SMARTS) is 1. The highest BCUT2D eigenvalue weighted by atomic mass is 19.1. The molecule has 0 spiro atoms. The number of methoxy groups -OCH3 is 1. The second-order valence-corrected chi connectivity index (χ2v) is 6.63. The van der Waals surface area contributed by atoms with Gasteiger partial charge in [-0.25, -0.2) is 9.18 Å². The van der Waals surface area contributed by atoms with Crippen LogP contribution in [0.4, 0.5) is 10.1 Å². The fourth-order valence-corrected chi connectivity index (χ4v) is 3.64. The van der Waals surface area contributed by atoms with Gasteiger partial charge in [-0.05, 0) is 6.07 Å². The number of aromatic nitrogens is 1. The van der Waals surface area contributed by atoms with Gasteiger partial charge in [-0.3, -0.25) is 14.5 Å². The summed E-state index contributed by atoms with van der Waals surface area (Å²) >= 11 is 0. The fraction of sp³-hybridized carbons (Fsp3) is 0.412. The van der Waals surface area contributed by atoms with E-state index in [1.807, 2.05) is 0 Å². The van der Waals surface area contributed by atoms with Crippen molar-refractivity contribution in [2.45, 2.75) is 12.2 Å². The minimum Gasteiger partial charge on any atom is -0.477 e. The van der Waals surface area contributed by atoms with Crippen LogP contribution in [0.1, 0.15) is 10.4 Å². The normalized spacial score (nSPS) is 21.6. The maximum absolute atomic E-state index is 15.0. The third kappa shape index (κ3) is 2.52. The first kappa shape index (κ1) is 17.6. The van der Waals surface area contributed by atoms with E-state index in [1.54, 1.807) is 17.0 Å². The van der Waals surface area contributed by atoms with E-state index in [0.29, 0.717) is 0 Å². The van der Waals surface area contributed by atoms with Gasteiger partial charge in [0, 0.05) is 33.4 Å². The summed E-state index contributed by atoms with van der Waals surface area (Å²) < 4.78 is 27.4. The molecule has 27 heavy (non-hydrogen) atoms. The molecule has 4 rings (SSSR count). The molecule has 0 radical (unpaired) electrons. The number of hydrogen-bond donors (Lipinski definition) is 2. The third-order valence-corrected chi connectivity index (χ3v) is 5.00. The van der Waals surface area contributed by atoms with Crippen LogP contribution in [0, 0.1) is 5.82 Å². The van der Waals surface area contributed by atoms with Crippen molar-refractivity contribution >= 4 is 22.6 Å². The Labute approximate surface area is 152 Å². The van der Waals surface area contributed by atoms with Gasteiger partial charge in [0.05, 0.1) is 11.5 Å². The summed E-state index contributed by atoms with van der Waals surface area (Å²) in [5.41, 5.74) is -0.836. The summed E-state index contributed by atoms with van der Waals surface area (Å²) in [4.78, 5) is 25.6. The van der Waals surface area contributed by atoms with Gasteiger partial charge < -0.3 is 24.6 Å². The number of ether oxygens (including phenoxy) is 2. The van der Waals surface area contributed by atoms with Gasteiger partial charge >= 0.3 is 5.97 Å². The molecule has 0 saturated carbocycles. The molecule has 9 nitrogen and oxygen atoms in total. The van der Waals surface area contributed by atoms with Crippen LogP contribution in [-0.2, 0) is 4.74 Å². The van der Waals surface area contributed by atoms with Crippen molar-refractivity contribution in [2.75, 3.05) is 43.9 Å². The van der Waals surface area contributed by atoms with Crippen LogP contribution in [0.2, 0.25) is 0 Å².